The molecule has 0 unspecified atom stereocenters. The third kappa shape index (κ3) is 3.05. The molecule has 2 rings (SSSR count). The van der Waals surface area contributed by atoms with E-state index < -0.39 is 0 Å². The van der Waals surface area contributed by atoms with Crippen LogP contribution < -0.4 is 10.5 Å². The van der Waals surface area contributed by atoms with Gasteiger partial charge in [-0.25, -0.2) is 0 Å². The molecule has 19 heavy (non-hydrogen) atoms. The van der Waals surface area contributed by atoms with Gasteiger partial charge in [0.25, 0.3) is 0 Å². The third-order valence-electron chi connectivity index (χ3n) is 2.30. The van der Waals surface area contributed by atoms with Crippen LogP contribution in [0.15, 0.2) is 30.3 Å². The van der Waals surface area contributed by atoms with Crippen LogP contribution >= 0.6 is 34.8 Å². The van der Waals surface area contributed by atoms with Gasteiger partial charge in [0, 0.05) is 11.8 Å². The van der Waals surface area contributed by atoms with E-state index >= 15 is 0 Å². The SMILES string of the molecule is N#Cc1ccc(Oc2c(Cl)cc(N)cc2Cl)cc1Cl. The molecule has 2 aromatic rings. The highest BCUT2D eigenvalue weighted by Crippen LogP contribution is 2.38. The van der Waals surface area contributed by atoms with Crippen molar-refractivity contribution < 1.29 is 4.74 Å². The van der Waals surface area contributed by atoms with Crippen molar-refractivity contribution in [3.05, 3.63) is 51.0 Å². The van der Waals surface area contributed by atoms with Crippen LogP contribution in [-0.2, 0) is 0 Å². The van der Waals surface area contributed by atoms with E-state index in [2.05, 4.69) is 0 Å². The summed E-state index contributed by atoms with van der Waals surface area (Å²) < 4.78 is 5.56. The summed E-state index contributed by atoms with van der Waals surface area (Å²) in [5, 5.41) is 9.67. The minimum atomic E-state index is 0.290. The first-order chi connectivity index (χ1) is 9.01. The Balaban J connectivity index is 2.37. The van der Waals surface area contributed by atoms with Crippen molar-refractivity contribution >= 4 is 40.5 Å². The summed E-state index contributed by atoms with van der Waals surface area (Å²) in [6, 6.07) is 9.71. The molecule has 0 aliphatic heterocycles. The van der Waals surface area contributed by atoms with Gasteiger partial charge in [-0.1, -0.05) is 34.8 Å². The van der Waals surface area contributed by atoms with Crippen molar-refractivity contribution in [3.63, 3.8) is 0 Å². The first kappa shape index (κ1) is 13.8. The molecule has 0 atom stereocenters. The van der Waals surface area contributed by atoms with E-state index in [9.17, 15) is 0 Å². The number of nitrogens with zero attached hydrogens (tertiary/aromatic N) is 1. The lowest BCUT2D eigenvalue weighted by Crippen LogP contribution is -1.91. The van der Waals surface area contributed by atoms with Crippen molar-refractivity contribution in [2.75, 3.05) is 5.73 Å². The largest absolute Gasteiger partial charge is 0.454 e. The molecule has 0 amide bonds. The number of rotatable bonds is 2. The van der Waals surface area contributed by atoms with E-state index in [1.54, 1.807) is 12.1 Å². The molecule has 0 aliphatic carbocycles. The first-order valence-corrected chi connectivity index (χ1v) is 6.26. The molecule has 0 bridgehead atoms. The summed E-state index contributed by atoms with van der Waals surface area (Å²) >= 11 is 17.9. The van der Waals surface area contributed by atoms with Crippen LogP contribution in [0.2, 0.25) is 15.1 Å². The summed E-state index contributed by atoms with van der Waals surface area (Å²) in [6.45, 7) is 0. The van der Waals surface area contributed by atoms with E-state index in [0.717, 1.165) is 0 Å². The molecule has 0 fully saturated rings. The van der Waals surface area contributed by atoms with Gasteiger partial charge < -0.3 is 10.5 Å². The van der Waals surface area contributed by atoms with Gasteiger partial charge in [0.15, 0.2) is 5.75 Å². The molecule has 0 spiro atoms. The molecule has 2 aromatic carbocycles. The molecule has 2 N–H and O–H groups in total. The average Bonchev–Trinajstić information content (AvgIpc) is 2.34. The lowest BCUT2D eigenvalue weighted by molar-refractivity contribution is 0.483. The third-order valence-corrected chi connectivity index (χ3v) is 3.18. The summed E-state index contributed by atoms with van der Waals surface area (Å²) in [5.74, 6) is 0.718. The second kappa shape index (κ2) is 5.58. The Morgan fingerprint density at radius 1 is 1.00 bits per heavy atom. The molecule has 6 heteroatoms. The second-order valence-electron chi connectivity index (χ2n) is 3.67. The highest BCUT2D eigenvalue weighted by Gasteiger charge is 2.11. The van der Waals surface area contributed by atoms with Crippen molar-refractivity contribution in [1.82, 2.24) is 0 Å². The zero-order chi connectivity index (χ0) is 14.0. The number of anilines is 1. The Kier molecular flexibility index (Phi) is 4.06. The minimum absolute atomic E-state index is 0.290. The predicted molar refractivity (Wildman–Crippen MR) is 77.1 cm³/mol. The second-order valence-corrected chi connectivity index (χ2v) is 4.89. The quantitative estimate of drug-likeness (QED) is 0.803. The van der Waals surface area contributed by atoms with Crippen molar-refractivity contribution in [2.24, 2.45) is 0 Å². The summed E-state index contributed by atoms with van der Waals surface area (Å²) in [5.41, 5.74) is 6.41. The van der Waals surface area contributed by atoms with Gasteiger partial charge in [-0.05, 0) is 24.3 Å². The first-order valence-electron chi connectivity index (χ1n) is 5.13. The molecule has 96 valence electrons. The van der Waals surface area contributed by atoms with Crippen LogP contribution in [0.5, 0.6) is 11.5 Å². The molecule has 0 radical (unpaired) electrons. The van der Waals surface area contributed by atoms with Crippen molar-refractivity contribution in [2.45, 2.75) is 0 Å². The number of halogens is 3. The fourth-order valence-electron chi connectivity index (χ4n) is 1.44. The van der Waals surface area contributed by atoms with Gasteiger partial charge in [0.2, 0.25) is 0 Å². The highest BCUT2D eigenvalue weighted by atomic mass is 35.5. The molecule has 0 aromatic heterocycles. The number of nitrogens with two attached hydrogens (primary N) is 1. The summed E-state index contributed by atoms with van der Waals surface area (Å²) in [6.07, 6.45) is 0. The van der Waals surface area contributed by atoms with Crippen LogP contribution in [0.1, 0.15) is 5.56 Å². The number of ether oxygens (including phenoxy) is 1. The minimum Gasteiger partial charge on any atom is -0.454 e. The smallest absolute Gasteiger partial charge is 0.164 e. The van der Waals surface area contributed by atoms with Crippen molar-refractivity contribution in [1.29, 1.82) is 5.26 Å². The monoisotopic (exact) mass is 312 g/mol. The van der Waals surface area contributed by atoms with Gasteiger partial charge in [-0.15, -0.1) is 0 Å². The van der Waals surface area contributed by atoms with E-state index in [4.69, 9.17) is 50.5 Å². The van der Waals surface area contributed by atoms with Gasteiger partial charge >= 0.3 is 0 Å². The number of hydrogen-bond acceptors (Lipinski definition) is 3. The Morgan fingerprint density at radius 2 is 1.63 bits per heavy atom. The van der Waals surface area contributed by atoms with Gasteiger partial charge in [-0.2, -0.15) is 5.26 Å². The Morgan fingerprint density at radius 3 is 2.16 bits per heavy atom. The fourth-order valence-corrected chi connectivity index (χ4v) is 2.24. The normalized spacial score (nSPS) is 10.0. The van der Waals surface area contributed by atoms with E-state index in [0.29, 0.717) is 37.8 Å². The Labute approximate surface area is 125 Å². The highest BCUT2D eigenvalue weighted by molar-refractivity contribution is 6.37. The molecular weight excluding hydrogens is 307 g/mol. The number of nitrogen functional groups attached to an aromatic ring is 1. The van der Waals surface area contributed by atoms with Gasteiger partial charge in [-0.3, -0.25) is 0 Å². The van der Waals surface area contributed by atoms with E-state index in [1.807, 2.05) is 6.07 Å². The number of nitriles is 1. The Bertz CT molecular complexity index is 657. The van der Waals surface area contributed by atoms with Crippen LogP contribution in [0, 0.1) is 11.3 Å². The summed E-state index contributed by atoms with van der Waals surface area (Å²) in [4.78, 5) is 0. The molecule has 0 aliphatic rings. The topological polar surface area (TPSA) is 59.0 Å². The molecule has 0 saturated heterocycles. The molecule has 3 nitrogen and oxygen atoms in total. The lowest BCUT2D eigenvalue weighted by atomic mass is 10.2. The zero-order valence-corrected chi connectivity index (χ0v) is 11.7. The maximum Gasteiger partial charge on any atom is 0.164 e. The van der Waals surface area contributed by atoms with E-state index in [1.165, 1.54) is 18.2 Å². The molecular formula is C13H7Cl3N2O. The predicted octanol–water partition coefficient (Wildman–Crippen LogP) is 4.89. The van der Waals surface area contributed by atoms with Crippen LogP contribution in [0.25, 0.3) is 0 Å². The fraction of sp³-hybridized carbons (Fsp3) is 0. The maximum absolute atomic E-state index is 8.79. The molecule has 0 saturated carbocycles. The van der Waals surface area contributed by atoms with Crippen LogP contribution in [0.3, 0.4) is 0 Å². The zero-order valence-electron chi connectivity index (χ0n) is 9.45. The van der Waals surface area contributed by atoms with Crippen molar-refractivity contribution in [3.8, 4) is 17.6 Å². The standard InChI is InChI=1S/C13H7Cl3N2O/c14-10-5-9(2-1-7(10)6-17)19-13-11(15)3-8(18)4-12(13)16/h1-5H,18H2. The lowest BCUT2D eigenvalue weighted by Gasteiger charge is -2.10. The average molecular weight is 314 g/mol. The Hall–Kier alpha value is -1.60. The number of hydrogen-bond donors (Lipinski definition) is 1. The van der Waals surface area contributed by atoms with Crippen LogP contribution in [0.4, 0.5) is 5.69 Å². The number of benzene rings is 2. The van der Waals surface area contributed by atoms with Gasteiger partial charge in [0.05, 0.1) is 20.6 Å². The maximum atomic E-state index is 8.79. The summed E-state index contributed by atoms with van der Waals surface area (Å²) in [7, 11) is 0. The van der Waals surface area contributed by atoms with Crippen LogP contribution in [-0.4, -0.2) is 0 Å². The van der Waals surface area contributed by atoms with E-state index in [-0.39, 0.29) is 0 Å². The van der Waals surface area contributed by atoms with Gasteiger partial charge in [0.1, 0.15) is 11.8 Å². The molecule has 0 heterocycles.